The van der Waals surface area contributed by atoms with Gasteiger partial charge in [0, 0.05) is 56.3 Å². The Bertz CT molecular complexity index is 1020. The van der Waals surface area contributed by atoms with Crippen LogP contribution in [0.15, 0.2) is 78.9 Å². The second-order valence-electron chi connectivity index (χ2n) is 7.46. The monoisotopic (exact) mass is 394 g/mol. The van der Waals surface area contributed by atoms with Crippen molar-refractivity contribution in [3.8, 4) is 23.7 Å². The van der Waals surface area contributed by atoms with Crippen molar-refractivity contribution in [3.63, 3.8) is 0 Å². The van der Waals surface area contributed by atoms with Gasteiger partial charge in [0.25, 0.3) is 0 Å². The molecule has 30 heavy (non-hydrogen) atoms. The van der Waals surface area contributed by atoms with Crippen molar-refractivity contribution in [2.24, 2.45) is 0 Å². The van der Waals surface area contributed by atoms with Gasteiger partial charge in [-0.15, -0.1) is 0 Å². The van der Waals surface area contributed by atoms with Crippen LogP contribution in [0.5, 0.6) is 0 Å². The quantitative estimate of drug-likeness (QED) is 0.678. The zero-order valence-corrected chi connectivity index (χ0v) is 17.8. The third-order valence-electron chi connectivity index (χ3n) is 4.73. The molecule has 0 radical (unpaired) electrons. The zero-order chi connectivity index (χ0) is 21.6. The molecule has 3 aromatic carbocycles. The van der Waals surface area contributed by atoms with Gasteiger partial charge in [0.15, 0.2) is 0 Å². The van der Waals surface area contributed by atoms with E-state index in [0.29, 0.717) is 5.56 Å². The van der Waals surface area contributed by atoms with Gasteiger partial charge < -0.3 is 14.9 Å². The number of aliphatic hydroxyl groups is 1. The number of hydrogen-bond donors (Lipinski definition) is 1. The van der Waals surface area contributed by atoms with Crippen molar-refractivity contribution in [2.45, 2.75) is 5.60 Å². The standard InChI is InChI=1S/C27H26N2O/c1-28(2)25-14-10-22(11-15-25)18-20-27(30,24-8-6-5-7-9-24)21-19-23-12-16-26(17-13-23)29(3)4/h5-17,30H,1-4H3. The van der Waals surface area contributed by atoms with Crippen molar-refractivity contribution in [1.82, 2.24) is 0 Å². The normalized spacial score (nSPS) is 10.3. The van der Waals surface area contributed by atoms with Gasteiger partial charge in [-0.2, -0.15) is 0 Å². The van der Waals surface area contributed by atoms with Crippen molar-refractivity contribution in [2.75, 3.05) is 38.0 Å². The van der Waals surface area contributed by atoms with E-state index in [9.17, 15) is 5.11 Å². The number of anilines is 2. The lowest BCUT2D eigenvalue weighted by atomic mass is 9.94. The first kappa shape index (κ1) is 21.1. The maximum absolute atomic E-state index is 11.3. The van der Waals surface area contributed by atoms with Crippen molar-refractivity contribution < 1.29 is 5.11 Å². The average molecular weight is 395 g/mol. The summed E-state index contributed by atoms with van der Waals surface area (Å²) >= 11 is 0. The van der Waals surface area contributed by atoms with E-state index >= 15 is 0 Å². The molecule has 3 nitrogen and oxygen atoms in total. The summed E-state index contributed by atoms with van der Waals surface area (Å²) in [5, 5.41) is 11.3. The van der Waals surface area contributed by atoms with Gasteiger partial charge in [-0.3, -0.25) is 0 Å². The number of hydrogen-bond acceptors (Lipinski definition) is 3. The van der Waals surface area contributed by atoms with Gasteiger partial charge in [-0.25, -0.2) is 0 Å². The fourth-order valence-electron chi connectivity index (χ4n) is 2.87. The summed E-state index contributed by atoms with van der Waals surface area (Å²) in [5.41, 5.74) is 2.93. The predicted octanol–water partition coefficient (Wildman–Crippen LogP) is 4.11. The van der Waals surface area contributed by atoms with Crippen LogP contribution >= 0.6 is 0 Å². The van der Waals surface area contributed by atoms with E-state index in [0.717, 1.165) is 22.5 Å². The highest BCUT2D eigenvalue weighted by Crippen LogP contribution is 2.21. The molecule has 0 amide bonds. The Morgan fingerprint density at radius 2 is 1.00 bits per heavy atom. The lowest BCUT2D eigenvalue weighted by Gasteiger charge is -2.16. The summed E-state index contributed by atoms with van der Waals surface area (Å²) in [6, 6.07) is 25.1. The van der Waals surface area contributed by atoms with Crippen molar-refractivity contribution in [3.05, 3.63) is 95.6 Å². The zero-order valence-electron chi connectivity index (χ0n) is 17.8. The molecule has 150 valence electrons. The summed E-state index contributed by atoms with van der Waals surface area (Å²) in [5.74, 6) is 12.1. The molecule has 0 unspecified atom stereocenters. The Morgan fingerprint density at radius 1 is 0.600 bits per heavy atom. The SMILES string of the molecule is CN(C)c1ccc(C#CC(O)(C#Cc2ccc(N(C)C)cc2)c2ccccc2)cc1. The highest BCUT2D eigenvalue weighted by atomic mass is 16.3. The molecule has 0 aliphatic heterocycles. The van der Waals surface area contributed by atoms with Crippen LogP contribution < -0.4 is 9.80 Å². The van der Waals surface area contributed by atoms with Gasteiger partial charge in [0.2, 0.25) is 5.60 Å². The first-order valence-electron chi connectivity index (χ1n) is 9.76. The molecule has 0 atom stereocenters. The van der Waals surface area contributed by atoms with Gasteiger partial charge in [0.1, 0.15) is 0 Å². The molecule has 3 aromatic rings. The smallest absolute Gasteiger partial charge is 0.214 e. The third kappa shape index (κ3) is 5.23. The van der Waals surface area contributed by atoms with Crippen molar-refractivity contribution >= 4 is 11.4 Å². The summed E-state index contributed by atoms with van der Waals surface area (Å²) < 4.78 is 0. The molecule has 0 aliphatic rings. The second kappa shape index (κ2) is 9.23. The molecular weight excluding hydrogens is 368 g/mol. The number of rotatable bonds is 3. The van der Waals surface area contributed by atoms with Crippen LogP contribution in [0.2, 0.25) is 0 Å². The lowest BCUT2D eigenvalue weighted by Crippen LogP contribution is -2.21. The van der Waals surface area contributed by atoms with E-state index in [-0.39, 0.29) is 0 Å². The van der Waals surface area contributed by atoms with E-state index in [1.165, 1.54) is 0 Å². The van der Waals surface area contributed by atoms with Gasteiger partial charge in [0.05, 0.1) is 0 Å². The van der Waals surface area contributed by atoms with E-state index < -0.39 is 5.60 Å². The molecule has 0 saturated carbocycles. The average Bonchev–Trinajstić information content (AvgIpc) is 2.77. The Morgan fingerprint density at radius 3 is 1.37 bits per heavy atom. The second-order valence-corrected chi connectivity index (χ2v) is 7.46. The number of nitrogens with zero attached hydrogens (tertiary/aromatic N) is 2. The predicted molar refractivity (Wildman–Crippen MR) is 126 cm³/mol. The summed E-state index contributed by atoms with van der Waals surface area (Å²) in [6.45, 7) is 0. The van der Waals surface area contributed by atoms with Gasteiger partial charge in [-0.05, 0) is 60.4 Å². The molecule has 3 rings (SSSR count). The van der Waals surface area contributed by atoms with Crippen LogP contribution in [0, 0.1) is 23.7 Å². The van der Waals surface area contributed by atoms with Crippen LogP contribution in [0.25, 0.3) is 0 Å². The first-order chi connectivity index (χ1) is 14.4. The Balaban J connectivity index is 1.95. The lowest BCUT2D eigenvalue weighted by molar-refractivity contribution is 0.165. The topological polar surface area (TPSA) is 26.7 Å². The van der Waals surface area contributed by atoms with Gasteiger partial charge >= 0.3 is 0 Å². The minimum absolute atomic E-state index is 0.653. The summed E-state index contributed by atoms with van der Waals surface area (Å²) in [7, 11) is 7.98. The Kier molecular flexibility index (Phi) is 6.48. The fraction of sp³-hybridized carbons (Fsp3) is 0.185. The summed E-state index contributed by atoms with van der Waals surface area (Å²) in [6.07, 6.45) is 0. The minimum Gasteiger partial charge on any atom is -0.378 e. The molecular formula is C27H26N2O. The highest BCUT2D eigenvalue weighted by molar-refractivity contribution is 5.53. The fourth-order valence-corrected chi connectivity index (χ4v) is 2.87. The highest BCUT2D eigenvalue weighted by Gasteiger charge is 2.24. The molecule has 0 spiro atoms. The maximum atomic E-state index is 11.3. The largest absolute Gasteiger partial charge is 0.378 e. The Hall–Kier alpha value is -3.66. The van der Waals surface area contributed by atoms with Crippen LogP contribution in [0.4, 0.5) is 11.4 Å². The molecule has 0 saturated heterocycles. The molecule has 0 aliphatic carbocycles. The summed E-state index contributed by atoms with van der Waals surface area (Å²) in [4.78, 5) is 4.06. The molecule has 0 heterocycles. The van der Waals surface area contributed by atoms with Gasteiger partial charge in [-0.1, -0.05) is 42.2 Å². The first-order valence-corrected chi connectivity index (χ1v) is 9.76. The van der Waals surface area contributed by atoms with E-state index in [1.807, 2.05) is 117 Å². The molecule has 3 heteroatoms. The van der Waals surface area contributed by atoms with Crippen LogP contribution in [0.1, 0.15) is 16.7 Å². The third-order valence-corrected chi connectivity index (χ3v) is 4.73. The van der Waals surface area contributed by atoms with Crippen molar-refractivity contribution in [1.29, 1.82) is 0 Å². The molecule has 1 N–H and O–H groups in total. The maximum Gasteiger partial charge on any atom is 0.214 e. The van der Waals surface area contributed by atoms with Crippen LogP contribution in [0.3, 0.4) is 0 Å². The van der Waals surface area contributed by atoms with E-state index in [2.05, 4.69) is 23.7 Å². The number of benzene rings is 3. The molecule has 0 fully saturated rings. The van der Waals surface area contributed by atoms with E-state index in [1.54, 1.807) is 0 Å². The molecule has 0 aromatic heterocycles. The molecule has 0 bridgehead atoms. The Labute approximate surface area is 179 Å². The van der Waals surface area contributed by atoms with E-state index in [4.69, 9.17) is 0 Å². The van der Waals surface area contributed by atoms with Crippen LogP contribution in [-0.2, 0) is 5.60 Å². The van der Waals surface area contributed by atoms with Crippen LogP contribution in [-0.4, -0.2) is 33.3 Å². The minimum atomic E-state index is -1.57.